The van der Waals surface area contributed by atoms with E-state index in [0.717, 1.165) is 6.07 Å². The average Bonchev–Trinajstić information content (AvgIpc) is 2.81. The topological polar surface area (TPSA) is 62.6 Å². The Hall–Kier alpha value is -4.07. The van der Waals surface area contributed by atoms with Gasteiger partial charge in [-0.2, -0.15) is 13.2 Å². The first-order chi connectivity index (χ1) is 16.1. The molecule has 0 spiro atoms. The van der Waals surface area contributed by atoms with Crippen LogP contribution in [-0.4, -0.2) is 20.0 Å². The Morgan fingerprint density at radius 3 is 2.32 bits per heavy atom. The van der Waals surface area contributed by atoms with Crippen molar-refractivity contribution in [3.05, 3.63) is 93.6 Å². The SMILES string of the molecule is Cc1c(-c2ccccc2)oc2c(C(=O)Nc3ccc(N(C)C)cc3C(F)(F)F)cccc2c1=O. The van der Waals surface area contributed by atoms with Gasteiger partial charge in [0.25, 0.3) is 5.91 Å². The van der Waals surface area contributed by atoms with Crippen LogP contribution in [0.4, 0.5) is 24.5 Å². The van der Waals surface area contributed by atoms with Gasteiger partial charge in [-0.1, -0.05) is 36.4 Å². The second-order valence-electron chi connectivity index (χ2n) is 8.01. The Morgan fingerprint density at radius 1 is 0.971 bits per heavy atom. The van der Waals surface area contributed by atoms with E-state index in [2.05, 4.69) is 5.32 Å². The Balaban J connectivity index is 1.83. The van der Waals surface area contributed by atoms with Crippen molar-refractivity contribution in [3.63, 3.8) is 0 Å². The highest BCUT2D eigenvalue weighted by atomic mass is 19.4. The largest absolute Gasteiger partial charge is 0.455 e. The number of halogens is 3. The van der Waals surface area contributed by atoms with Crippen molar-refractivity contribution >= 4 is 28.3 Å². The molecule has 0 aliphatic rings. The van der Waals surface area contributed by atoms with Gasteiger partial charge in [0, 0.05) is 30.9 Å². The summed E-state index contributed by atoms with van der Waals surface area (Å²) in [5.41, 5.74) is -0.370. The molecule has 1 amide bonds. The van der Waals surface area contributed by atoms with E-state index in [1.165, 1.54) is 35.2 Å². The van der Waals surface area contributed by atoms with Crippen LogP contribution in [0.25, 0.3) is 22.3 Å². The van der Waals surface area contributed by atoms with Crippen LogP contribution in [0, 0.1) is 6.92 Å². The van der Waals surface area contributed by atoms with Crippen molar-refractivity contribution in [1.29, 1.82) is 0 Å². The van der Waals surface area contributed by atoms with Gasteiger partial charge in [0.15, 0.2) is 11.0 Å². The third kappa shape index (κ3) is 4.26. The number of carbonyl (C=O) groups excluding carboxylic acids is 1. The smallest absolute Gasteiger partial charge is 0.418 e. The van der Waals surface area contributed by atoms with Crippen molar-refractivity contribution in [2.75, 3.05) is 24.3 Å². The van der Waals surface area contributed by atoms with Crippen LogP contribution in [0.15, 0.2) is 75.9 Å². The molecule has 1 heterocycles. The monoisotopic (exact) mass is 466 g/mol. The number of anilines is 2. The van der Waals surface area contributed by atoms with Crippen molar-refractivity contribution in [3.8, 4) is 11.3 Å². The lowest BCUT2D eigenvalue weighted by molar-refractivity contribution is -0.136. The summed E-state index contributed by atoms with van der Waals surface area (Å²) < 4.78 is 47.1. The van der Waals surface area contributed by atoms with Crippen molar-refractivity contribution in [1.82, 2.24) is 0 Å². The summed E-state index contributed by atoms with van der Waals surface area (Å²) >= 11 is 0. The average molecular weight is 466 g/mol. The quantitative estimate of drug-likeness (QED) is 0.395. The van der Waals surface area contributed by atoms with Gasteiger partial charge < -0.3 is 14.6 Å². The van der Waals surface area contributed by atoms with Crippen LogP contribution in [0.2, 0.25) is 0 Å². The number of para-hydroxylation sites is 1. The van der Waals surface area contributed by atoms with Crippen molar-refractivity contribution in [2.45, 2.75) is 13.1 Å². The van der Waals surface area contributed by atoms with Gasteiger partial charge in [0.05, 0.1) is 22.2 Å². The van der Waals surface area contributed by atoms with E-state index in [9.17, 15) is 22.8 Å². The zero-order chi connectivity index (χ0) is 24.6. The molecule has 8 heteroatoms. The number of nitrogens with zero attached hydrogens (tertiary/aromatic N) is 1. The number of benzene rings is 3. The highest BCUT2D eigenvalue weighted by Gasteiger charge is 2.34. The van der Waals surface area contributed by atoms with E-state index in [1.54, 1.807) is 45.3 Å². The molecule has 0 atom stereocenters. The summed E-state index contributed by atoms with van der Waals surface area (Å²) in [5, 5.41) is 2.52. The summed E-state index contributed by atoms with van der Waals surface area (Å²) in [7, 11) is 3.25. The summed E-state index contributed by atoms with van der Waals surface area (Å²) in [5.74, 6) is -0.524. The van der Waals surface area contributed by atoms with Crippen molar-refractivity contribution < 1.29 is 22.4 Å². The lowest BCUT2D eigenvalue weighted by Gasteiger charge is -2.19. The molecule has 34 heavy (non-hydrogen) atoms. The molecule has 4 aromatic rings. The molecule has 0 aliphatic heterocycles. The fraction of sp³-hybridized carbons (Fsp3) is 0.154. The second-order valence-corrected chi connectivity index (χ2v) is 8.01. The van der Waals surface area contributed by atoms with E-state index in [-0.39, 0.29) is 22.0 Å². The number of rotatable bonds is 4. The summed E-state index contributed by atoms with van der Waals surface area (Å²) in [6, 6.07) is 17.0. The van der Waals surface area contributed by atoms with Gasteiger partial charge in [-0.3, -0.25) is 9.59 Å². The summed E-state index contributed by atoms with van der Waals surface area (Å²) in [6.07, 6.45) is -4.68. The van der Waals surface area contributed by atoms with Crippen LogP contribution in [0.1, 0.15) is 21.5 Å². The molecule has 1 aromatic heterocycles. The molecule has 0 bridgehead atoms. The number of amides is 1. The highest BCUT2D eigenvalue weighted by molar-refractivity contribution is 6.11. The van der Waals surface area contributed by atoms with Crippen LogP contribution < -0.4 is 15.6 Å². The third-order valence-corrected chi connectivity index (χ3v) is 5.50. The zero-order valence-electron chi connectivity index (χ0n) is 18.7. The fourth-order valence-electron chi connectivity index (χ4n) is 3.70. The molecule has 174 valence electrons. The maximum Gasteiger partial charge on any atom is 0.418 e. The van der Waals surface area contributed by atoms with Crippen LogP contribution in [-0.2, 0) is 6.18 Å². The number of hydrogen-bond acceptors (Lipinski definition) is 4. The number of fused-ring (bicyclic) bond motifs is 1. The molecule has 1 N–H and O–H groups in total. The highest BCUT2D eigenvalue weighted by Crippen LogP contribution is 2.37. The molecule has 0 saturated carbocycles. The minimum Gasteiger partial charge on any atom is -0.455 e. The Labute approximate surface area is 193 Å². The van der Waals surface area contributed by atoms with E-state index in [4.69, 9.17) is 4.42 Å². The Bertz CT molecular complexity index is 1440. The van der Waals surface area contributed by atoms with Crippen LogP contribution >= 0.6 is 0 Å². The molecule has 0 fully saturated rings. The summed E-state index contributed by atoms with van der Waals surface area (Å²) in [4.78, 5) is 27.7. The van der Waals surface area contributed by atoms with Gasteiger partial charge in [0.2, 0.25) is 0 Å². The van der Waals surface area contributed by atoms with Gasteiger partial charge in [-0.15, -0.1) is 0 Å². The number of hydrogen-bond donors (Lipinski definition) is 1. The predicted octanol–water partition coefficient (Wildman–Crippen LogP) is 6.11. The zero-order valence-corrected chi connectivity index (χ0v) is 18.7. The van der Waals surface area contributed by atoms with Gasteiger partial charge in [-0.25, -0.2) is 0 Å². The van der Waals surface area contributed by atoms with Gasteiger partial charge >= 0.3 is 6.18 Å². The minimum atomic E-state index is -4.68. The molecule has 3 aromatic carbocycles. The molecule has 4 rings (SSSR count). The first-order valence-electron chi connectivity index (χ1n) is 10.4. The van der Waals surface area contributed by atoms with E-state index in [0.29, 0.717) is 22.6 Å². The van der Waals surface area contributed by atoms with Gasteiger partial charge in [-0.05, 0) is 37.3 Å². The standard InChI is InChI=1S/C26H21F3N2O3/c1-15-22(32)18-10-7-11-19(24(18)34-23(15)16-8-5-4-6-9-16)25(33)30-21-13-12-17(31(2)3)14-20(21)26(27,28)29/h4-14H,1-3H3,(H,30,33). The number of alkyl halides is 3. The van der Waals surface area contributed by atoms with E-state index < -0.39 is 23.3 Å². The Morgan fingerprint density at radius 2 is 1.68 bits per heavy atom. The maximum absolute atomic E-state index is 13.7. The van der Waals surface area contributed by atoms with Crippen LogP contribution in [0.5, 0.6) is 0 Å². The predicted molar refractivity (Wildman–Crippen MR) is 126 cm³/mol. The molecule has 0 aliphatic carbocycles. The van der Waals surface area contributed by atoms with Crippen LogP contribution in [0.3, 0.4) is 0 Å². The fourth-order valence-corrected chi connectivity index (χ4v) is 3.70. The number of carbonyl (C=O) groups is 1. The van der Waals surface area contributed by atoms with Crippen molar-refractivity contribution in [2.24, 2.45) is 0 Å². The van der Waals surface area contributed by atoms with Gasteiger partial charge in [0.1, 0.15) is 5.76 Å². The molecule has 0 unspecified atom stereocenters. The minimum absolute atomic E-state index is 0.00734. The van der Waals surface area contributed by atoms with E-state index >= 15 is 0 Å². The lowest BCUT2D eigenvalue weighted by atomic mass is 10.0. The molecule has 5 nitrogen and oxygen atoms in total. The number of nitrogens with one attached hydrogen (secondary N) is 1. The Kier molecular flexibility index (Phi) is 5.91. The third-order valence-electron chi connectivity index (χ3n) is 5.50. The molecular formula is C26H21F3N2O3. The maximum atomic E-state index is 13.7. The first kappa shape index (κ1) is 23.1. The lowest BCUT2D eigenvalue weighted by Crippen LogP contribution is -2.19. The second kappa shape index (κ2) is 8.70. The normalized spacial score (nSPS) is 11.5. The van der Waals surface area contributed by atoms with E-state index in [1.807, 2.05) is 6.07 Å². The molecule has 0 saturated heterocycles. The molecular weight excluding hydrogens is 445 g/mol. The molecule has 0 radical (unpaired) electrons. The summed E-state index contributed by atoms with van der Waals surface area (Å²) in [6.45, 7) is 1.63. The first-order valence-corrected chi connectivity index (χ1v) is 10.4.